The molecular formula is C34H40O7. The normalized spacial score (nSPS) is 23.0. The molecule has 1 fully saturated rings. The zero-order chi connectivity index (χ0) is 28.9. The van der Waals surface area contributed by atoms with Gasteiger partial charge in [0.1, 0.15) is 18.3 Å². The molecule has 41 heavy (non-hydrogen) atoms. The lowest BCUT2D eigenvalue weighted by atomic mass is 9.97. The lowest BCUT2D eigenvalue weighted by Crippen LogP contribution is -2.62. The van der Waals surface area contributed by atoms with E-state index in [9.17, 15) is 4.79 Å². The van der Waals surface area contributed by atoms with Crippen LogP contribution in [0.1, 0.15) is 30.0 Å². The minimum absolute atomic E-state index is 0.0436. The van der Waals surface area contributed by atoms with Gasteiger partial charge in [0.25, 0.3) is 0 Å². The summed E-state index contributed by atoms with van der Waals surface area (Å²) in [4.78, 5) is 13.1. The summed E-state index contributed by atoms with van der Waals surface area (Å²) in [7, 11) is 1.55. The van der Waals surface area contributed by atoms with Gasteiger partial charge < -0.3 is 28.4 Å². The fourth-order valence-electron chi connectivity index (χ4n) is 4.66. The van der Waals surface area contributed by atoms with E-state index in [1.807, 2.05) is 97.9 Å². The number of hydrogen-bond donors (Lipinski definition) is 0. The van der Waals surface area contributed by atoms with Crippen molar-refractivity contribution in [3.63, 3.8) is 0 Å². The molecule has 1 heterocycles. The molecule has 7 nitrogen and oxygen atoms in total. The first-order chi connectivity index (χ1) is 20.1. The van der Waals surface area contributed by atoms with Crippen LogP contribution in [0.5, 0.6) is 0 Å². The quantitative estimate of drug-likeness (QED) is 0.170. The van der Waals surface area contributed by atoms with Gasteiger partial charge in [-0.1, -0.05) is 104 Å². The smallest absolute Gasteiger partial charge is 0.306 e. The molecule has 0 bridgehead atoms. The van der Waals surface area contributed by atoms with Crippen LogP contribution < -0.4 is 0 Å². The van der Waals surface area contributed by atoms with Crippen molar-refractivity contribution < 1.29 is 33.2 Å². The van der Waals surface area contributed by atoms with Crippen LogP contribution in [-0.2, 0) is 53.0 Å². The topological polar surface area (TPSA) is 72.5 Å². The minimum Gasteiger partial charge on any atom is -0.456 e. The van der Waals surface area contributed by atoms with Crippen LogP contribution in [0, 0.1) is 5.92 Å². The molecular weight excluding hydrogens is 520 g/mol. The van der Waals surface area contributed by atoms with Crippen LogP contribution >= 0.6 is 0 Å². The Labute approximate surface area is 243 Å². The molecule has 1 aliphatic rings. The largest absolute Gasteiger partial charge is 0.456 e. The second-order valence-corrected chi connectivity index (χ2v) is 10.2. The molecule has 3 aromatic rings. The van der Waals surface area contributed by atoms with E-state index >= 15 is 0 Å². The van der Waals surface area contributed by atoms with Crippen molar-refractivity contribution >= 4 is 5.97 Å². The van der Waals surface area contributed by atoms with E-state index in [2.05, 4.69) is 6.58 Å². The van der Waals surface area contributed by atoms with Gasteiger partial charge in [-0.15, -0.1) is 6.58 Å². The van der Waals surface area contributed by atoms with Crippen LogP contribution in [0.3, 0.4) is 0 Å². The summed E-state index contributed by atoms with van der Waals surface area (Å²) in [6, 6.07) is 29.5. The molecule has 0 unspecified atom stereocenters. The predicted molar refractivity (Wildman–Crippen MR) is 156 cm³/mol. The zero-order valence-electron chi connectivity index (χ0n) is 23.8. The van der Waals surface area contributed by atoms with Crippen LogP contribution in [0.15, 0.2) is 104 Å². The van der Waals surface area contributed by atoms with Gasteiger partial charge in [0.2, 0.25) is 0 Å². The number of ether oxygens (including phenoxy) is 6. The second kappa shape index (κ2) is 16.2. The Bertz CT molecular complexity index is 1170. The maximum atomic E-state index is 13.1. The van der Waals surface area contributed by atoms with Crippen molar-refractivity contribution in [1.82, 2.24) is 0 Å². The van der Waals surface area contributed by atoms with Crippen molar-refractivity contribution in [2.75, 3.05) is 13.7 Å². The molecule has 0 saturated carbocycles. The summed E-state index contributed by atoms with van der Waals surface area (Å²) >= 11 is 0. The third kappa shape index (κ3) is 9.35. The molecule has 0 amide bonds. The molecule has 0 aromatic heterocycles. The number of hydrogen-bond acceptors (Lipinski definition) is 7. The molecule has 1 aliphatic heterocycles. The van der Waals surface area contributed by atoms with E-state index in [-0.39, 0.29) is 31.5 Å². The first-order valence-corrected chi connectivity index (χ1v) is 14.0. The van der Waals surface area contributed by atoms with E-state index in [0.717, 1.165) is 16.7 Å². The molecule has 0 N–H and O–H groups in total. The fourth-order valence-corrected chi connectivity index (χ4v) is 4.66. The zero-order valence-corrected chi connectivity index (χ0v) is 23.8. The van der Waals surface area contributed by atoms with Gasteiger partial charge >= 0.3 is 5.97 Å². The van der Waals surface area contributed by atoms with Gasteiger partial charge in [0.05, 0.1) is 32.8 Å². The summed E-state index contributed by atoms with van der Waals surface area (Å²) in [5, 5.41) is 0. The lowest BCUT2D eigenvalue weighted by molar-refractivity contribution is -0.317. The van der Waals surface area contributed by atoms with E-state index in [0.29, 0.717) is 13.2 Å². The standard InChI is InChI=1S/C34H40O7/c1-4-25(2)20-30(35)41-32-31(38-22-27-16-10-6-11-17-27)29(24-37-21-26-14-8-5-9-15-26)40-34(36-3)33(32)39-23-28-18-12-7-13-19-28/h4-19,25,29,31-34H,1,20-24H2,2-3H3/t25-,29+,31+,32-,33-,34-/m0/s1. The number of rotatable bonds is 15. The lowest BCUT2D eigenvalue weighted by Gasteiger charge is -2.45. The highest BCUT2D eigenvalue weighted by Gasteiger charge is 2.50. The Morgan fingerprint density at radius 3 is 1.83 bits per heavy atom. The van der Waals surface area contributed by atoms with Crippen LogP contribution in [0.4, 0.5) is 0 Å². The number of methoxy groups -OCH3 is 1. The maximum Gasteiger partial charge on any atom is 0.306 e. The van der Waals surface area contributed by atoms with E-state index in [1.54, 1.807) is 13.2 Å². The van der Waals surface area contributed by atoms with E-state index in [1.165, 1.54) is 0 Å². The van der Waals surface area contributed by atoms with Crippen LogP contribution in [0.25, 0.3) is 0 Å². The molecule has 0 spiro atoms. The maximum absolute atomic E-state index is 13.1. The van der Waals surface area contributed by atoms with Gasteiger partial charge in [-0.2, -0.15) is 0 Å². The molecule has 3 aromatic carbocycles. The Kier molecular flexibility index (Phi) is 12.1. The molecule has 7 heteroatoms. The molecule has 4 rings (SSSR count). The van der Waals surface area contributed by atoms with Crippen LogP contribution in [0.2, 0.25) is 0 Å². The summed E-state index contributed by atoms with van der Waals surface area (Å²) in [5.74, 6) is -0.414. The van der Waals surface area contributed by atoms with Crippen LogP contribution in [-0.4, -0.2) is 50.4 Å². The monoisotopic (exact) mass is 560 g/mol. The first-order valence-electron chi connectivity index (χ1n) is 14.0. The summed E-state index contributed by atoms with van der Waals surface area (Å²) in [5.41, 5.74) is 3.00. The Hall–Kier alpha value is -3.33. The summed E-state index contributed by atoms with van der Waals surface area (Å²) in [6.45, 7) is 6.91. The number of esters is 1. The fraction of sp³-hybridized carbons (Fsp3) is 0.382. The molecule has 0 radical (unpaired) electrons. The van der Waals surface area contributed by atoms with E-state index < -0.39 is 30.7 Å². The van der Waals surface area contributed by atoms with Crippen molar-refractivity contribution in [2.24, 2.45) is 5.92 Å². The van der Waals surface area contributed by atoms with Crippen molar-refractivity contribution in [2.45, 2.75) is 63.9 Å². The number of carbonyl (C=O) groups excluding carboxylic acids is 1. The highest BCUT2D eigenvalue weighted by Crippen LogP contribution is 2.31. The van der Waals surface area contributed by atoms with Gasteiger partial charge in [0.15, 0.2) is 12.4 Å². The van der Waals surface area contributed by atoms with Gasteiger partial charge in [0, 0.05) is 7.11 Å². The molecule has 6 atom stereocenters. The van der Waals surface area contributed by atoms with Gasteiger partial charge in [-0.25, -0.2) is 0 Å². The summed E-state index contributed by atoms with van der Waals surface area (Å²) < 4.78 is 37.2. The minimum atomic E-state index is -0.810. The Morgan fingerprint density at radius 1 is 0.805 bits per heavy atom. The number of benzene rings is 3. The predicted octanol–water partition coefficient (Wildman–Crippen LogP) is 5.87. The molecule has 1 saturated heterocycles. The van der Waals surface area contributed by atoms with Crippen molar-refractivity contribution in [3.8, 4) is 0 Å². The molecule has 218 valence electrons. The first kappa shape index (κ1) is 30.6. The summed E-state index contributed by atoms with van der Waals surface area (Å²) in [6.07, 6.45) is -1.71. The van der Waals surface area contributed by atoms with Crippen molar-refractivity contribution in [1.29, 1.82) is 0 Å². The molecule has 0 aliphatic carbocycles. The highest BCUT2D eigenvalue weighted by atomic mass is 16.7. The van der Waals surface area contributed by atoms with Gasteiger partial charge in [-0.05, 0) is 22.6 Å². The van der Waals surface area contributed by atoms with E-state index in [4.69, 9.17) is 28.4 Å². The Balaban J connectivity index is 1.58. The van der Waals surface area contributed by atoms with Crippen molar-refractivity contribution in [3.05, 3.63) is 120 Å². The number of carbonyl (C=O) groups is 1. The highest BCUT2D eigenvalue weighted by molar-refractivity contribution is 5.70. The third-order valence-corrected chi connectivity index (χ3v) is 6.95. The Morgan fingerprint density at radius 2 is 1.32 bits per heavy atom. The second-order valence-electron chi connectivity index (χ2n) is 10.2. The SMILES string of the molecule is C=C[C@H](C)CC(=O)O[C@@H]1[C@H](OCc2ccccc2)[C@@H](OC)O[C@H](COCc2ccccc2)[C@H]1OCc1ccccc1. The average Bonchev–Trinajstić information content (AvgIpc) is 3.01. The van der Waals surface area contributed by atoms with Gasteiger partial charge in [-0.3, -0.25) is 4.79 Å². The third-order valence-electron chi connectivity index (χ3n) is 6.95. The number of allylic oxidation sites excluding steroid dienone is 1. The average molecular weight is 561 g/mol.